The number of hydrogen-bond donors (Lipinski definition) is 3. The number of amides is 2. The zero-order valence-electron chi connectivity index (χ0n) is 12.6. The van der Waals surface area contributed by atoms with E-state index in [0.717, 1.165) is 11.0 Å². The lowest BCUT2D eigenvalue weighted by Gasteiger charge is -2.29. The molecule has 0 aliphatic carbocycles. The Balaban J connectivity index is 2.03. The fourth-order valence-electron chi connectivity index (χ4n) is 2.29. The number of phenols is 2. The number of carbonyl (C=O) groups is 2. The molecule has 3 N–H and O–H groups in total. The Morgan fingerprint density at radius 1 is 1.08 bits per heavy atom. The highest BCUT2D eigenvalue weighted by molar-refractivity contribution is 7.80. The van der Waals surface area contributed by atoms with E-state index < -0.39 is 11.8 Å². The average molecular weight is 375 g/mol. The van der Waals surface area contributed by atoms with E-state index in [1.807, 2.05) is 0 Å². The number of halogens is 1. The van der Waals surface area contributed by atoms with Gasteiger partial charge < -0.3 is 10.2 Å². The highest BCUT2D eigenvalue weighted by atomic mass is 35.5. The number of rotatable bonds is 2. The largest absolute Gasteiger partial charge is 0.508 e. The summed E-state index contributed by atoms with van der Waals surface area (Å²) in [6.07, 6.45) is 1.23. The molecule has 1 fully saturated rings. The van der Waals surface area contributed by atoms with Gasteiger partial charge in [0.25, 0.3) is 11.8 Å². The van der Waals surface area contributed by atoms with E-state index >= 15 is 0 Å². The van der Waals surface area contributed by atoms with Crippen molar-refractivity contribution in [2.75, 3.05) is 4.90 Å². The minimum absolute atomic E-state index is 0.0515. The molecule has 0 atom stereocenters. The van der Waals surface area contributed by atoms with Crippen molar-refractivity contribution in [1.82, 2.24) is 5.32 Å². The number of nitrogens with one attached hydrogen (secondary N) is 1. The first-order valence-electron chi connectivity index (χ1n) is 7.06. The number of hydrogen-bond acceptors (Lipinski definition) is 5. The van der Waals surface area contributed by atoms with Gasteiger partial charge in [0.15, 0.2) is 5.11 Å². The third kappa shape index (κ3) is 3.33. The lowest BCUT2D eigenvalue weighted by Crippen LogP contribution is -2.54. The van der Waals surface area contributed by atoms with Crippen LogP contribution in [0.1, 0.15) is 5.56 Å². The van der Waals surface area contributed by atoms with Gasteiger partial charge in [0.1, 0.15) is 17.1 Å². The van der Waals surface area contributed by atoms with Crippen molar-refractivity contribution in [2.24, 2.45) is 0 Å². The van der Waals surface area contributed by atoms with E-state index in [0.29, 0.717) is 10.7 Å². The molecule has 25 heavy (non-hydrogen) atoms. The molecule has 2 amide bonds. The summed E-state index contributed by atoms with van der Waals surface area (Å²) in [6, 6.07) is 10.2. The summed E-state index contributed by atoms with van der Waals surface area (Å²) in [7, 11) is 0. The van der Waals surface area contributed by atoms with Crippen LogP contribution in [0.15, 0.2) is 48.0 Å². The molecule has 1 saturated heterocycles. The van der Waals surface area contributed by atoms with Crippen molar-refractivity contribution >= 4 is 52.5 Å². The molecule has 0 saturated carbocycles. The SMILES string of the molecule is O=C1NC(=S)N(c2ccc(Cl)cc2)C(=O)/C1=C/c1ccc(O)cc1O. The van der Waals surface area contributed by atoms with Crippen LogP contribution >= 0.6 is 23.8 Å². The van der Waals surface area contributed by atoms with Gasteiger partial charge in [0.05, 0.1) is 5.69 Å². The summed E-state index contributed by atoms with van der Waals surface area (Å²) in [5, 5.41) is 22.1. The van der Waals surface area contributed by atoms with Crippen LogP contribution in [0.5, 0.6) is 11.5 Å². The predicted molar refractivity (Wildman–Crippen MR) is 97.4 cm³/mol. The zero-order valence-corrected chi connectivity index (χ0v) is 14.1. The summed E-state index contributed by atoms with van der Waals surface area (Å²) in [5.74, 6) is -1.71. The summed E-state index contributed by atoms with van der Waals surface area (Å²) in [4.78, 5) is 26.1. The minimum atomic E-state index is -0.673. The fraction of sp³-hybridized carbons (Fsp3) is 0. The van der Waals surface area contributed by atoms with E-state index in [2.05, 4.69) is 5.32 Å². The van der Waals surface area contributed by atoms with Gasteiger partial charge in [0, 0.05) is 16.7 Å². The number of aromatic hydroxyl groups is 2. The van der Waals surface area contributed by atoms with Gasteiger partial charge in [-0.3, -0.25) is 19.8 Å². The van der Waals surface area contributed by atoms with E-state index in [1.165, 1.54) is 18.2 Å². The second-order valence-corrected chi connectivity index (χ2v) is 6.00. The van der Waals surface area contributed by atoms with Gasteiger partial charge in [-0.15, -0.1) is 0 Å². The number of nitrogens with zero attached hydrogens (tertiary/aromatic N) is 1. The number of benzene rings is 2. The van der Waals surface area contributed by atoms with Gasteiger partial charge in [-0.25, -0.2) is 0 Å². The smallest absolute Gasteiger partial charge is 0.270 e. The van der Waals surface area contributed by atoms with Crippen LogP contribution in [0.25, 0.3) is 6.08 Å². The van der Waals surface area contributed by atoms with E-state index in [4.69, 9.17) is 23.8 Å². The Morgan fingerprint density at radius 2 is 1.76 bits per heavy atom. The Labute approximate surface area is 153 Å². The molecule has 6 nitrogen and oxygen atoms in total. The molecule has 2 aromatic rings. The minimum Gasteiger partial charge on any atom is -0.508 e. The summed E-state index contributed by atoms with van der Waals surface area (Å²) in [5.41, 5.74) is 0.449. The lowest BCUT2D eigenvalue weighted by atomic mass is 10.1. The second-order valence-electron chi connectivity index (χ2n) is 5.18. The van der Waals surface area contributed by atoms with Crippen molar-refractivity contribution in [3.8, 4) is 11.5 Å². The monoisotopic (exact) mass is 374 g/mol. The second kappa shape index (κ2) is 6.54. The third-order valence-corrected chi connectivity index (χ3v) is 4.04. The van der Waals surface area contributed by atoms with Crippen molar-refractivity contribution in [2.45, 2.75) is 0 Å². The zero-order chi connectivity index (χ0) is 18.1. The van der Waals surface area contributed by atoms with Crippen LogP contribution in [0.3, 0.4) is 0 Å². The van der Waals surface area contributed by atoms with Gasteiger partial charge in [0.2, 0.25) is 0 Å². The maximum absolute atomic E-state index is 12.8. The van der Waals surface area contributed by atoms with Crippen LogP contribution in [0.4, 0.5) is 5.69 Å². The number of phenolic OH excluding ortho intramolecular Hbond substituents is 2. The highest BCUT2D eigenvalue weighted by Gasteiger charge is 2.34. The quantitative estimate of drug-likeness (QED) is 0.427. The van der Waals surface area contributed by atoms with Crippen molar-refractivity contribution < 1.29 is 19.8 Å². The number of carbonyl (C=O) groups excluding carboxylic acids is 2. The maximum Gasteiger partial charge on any atom is 0.270 e. The predicted octanol–water partition coefficient (Wildman–Crippen LogP) is 2.58. The van der Waals surface area contributed by atoms with Crippen LogP contribution in [-0.4, -0.2) is 27.1 Å². The topological polar surface area (TPSA) is 89.9 Å². The van der Waals surface area contributed by atoms with Crippen molar-refractivity contribution in [3.63, 3.8) is 0 Å². The van der Waals surface area contributed by atoms with Gasteiger partial charge in [-0.05, 0) is 54.7 Å². The van der Waals surface area contributed by atoms with Crippen molar-refractivity contribution in [3.05, 3.63) is 58.6 Å². The third-order valence-electron chi connectivity index (χ3n) is 3.50. The Bertz CT molecular complexity index is 925. The van der Waals surface area contributed by atoms with E-state index in [1.54, 1.807) is 24.3 Å². The molecule has 1 aliphatic heterocycles. The highest BCUT2D eigenvalue weighted by Crippen LogP contribution is 2.27. The Hall–Kier alpha value is -2.90. The maximum atomic E-state index is 12.8. The first-order valence-corrected chi connectivity index (χ1v) is 7.84. The summed E-state index contributed by atoms with van der Waals surface area (Å²) in [6.45, 7) is 0. The average Bonchev–Trinajstić information content (AvgIpc) is 2.55. The van der Waals surface area contributed by atoms with Gasteiger partial charge >= 0.3 is 0 Å². The number of thiocarbonyl (C=S) groups is 1. The normalized spacial score (nSPS) is 16.3. The molecule has 2 aromatic carbocycles. The molecular weight excluding hydrogens is 364 g/mol. The standard InChI is InChI=1S/C17H11ClN2O4S/c18-10-2-4-11(5-3-10)20-16(24)13(15(23)19-17(20)25)7-9-1-6-12(21)8-14(9)22/h1-8,21-22H,(H,19,23,25)/b13-7+. The van der Waals surface area contributed by atoms with Gasteiger partial charge in [-0.1, -0.05) is 11.6 Å². The molecule has 0 bridgehead atoms. The van der Waals surface area contributed by atoms with Crippen molar-refractivity contribution in [1.29, 1.82) is 0 Å². The molecule has 1 aliphatic rings. The van der Waals surface area contributed by atoms with E-state index in [-0.39, 0.29) is 27.7 Å². The molecule has 126 valence electrons. The van der Waals surface area contributed by atoms with Crippen LogP contribution in [-0.2, 0) is 9.59 Å². The van der Waals surface area contributed by atoms with Crippen LogP contribution < -0.4 is 10.2 Å². The fourth-order valence-corrected chi connectivity index (χ4v) is 2.70. The molecule has 0 radical (unpaired) electrons. The number of anilines is 1. The van der Waals surface area contributed by atoms with Crippen LogP contribution in [0.2, 0.25) is 5.02 Å². The van der Waals surface area contributed by atoms with E-state index in [9.17, 15) is 19.8 Å². The summed E-state index contributed by atoms with van der Waals surface area (Å²) >= 11 is 10.9. The Kier molecular flexibility index (Phi) is 4.43. The molecule has 1 heterocycles. The molecule has 3 rings (SSSR count). The molecule has 0 aromatic heterocycles. The lowest BCUT2D eigenvalue weighted by molar-refractivity contribution is -0.122. The first kappa shape index (κ1) is 16.9. The molecule has 8 heteroatoms. The molecule has 0 spiro atoms. The summed E-state index contributed by atoms with van der Waals surface area (Å²) < 4.78 is 0. The first-order chi connectivity index (χ1) is 11.9. The Morgan fingerprint density at radius 3 is 2.40 bits per heavy atom. The van der Waals surface area contributed by atoms with Gasteiger partial charge in [-0.2, -0.15) is 0 Å². The molecule has 0 unspecified atom stereocenters. The molecular formula is C17H11ClN2O4S. The van der Waals surface area contributed by atoms with Crippen LogP contribution in [0, 0.1) is 0 Å².